The number of rotatable bonds is 9. The predicted octanol–water partition coefficient (Wildman–Crippen LogP) is 3.41. The number of benzene rings is 1. The summed E-state index contributed by atoms with van der Waals surface area (Å²) in [6.45, 7) is 3.96. The number of ether oxygens (including phenoxy) is 2. The number of nitrogens with one attached hydrogen (secondary N) is 1. The largest absolute Gasteiger partial charge is 0.416 e. The van der Waals surface area contributed by atoms with Crippen molar-refractivity contribution in [1.29, 1.82) is 0 Å². The molecule has 0 aliphatic rings. The summed E-state index contributed by atoms with van der Waals surface area (Å²) < 4.78 is 48.9. The molecule has 120 valence electrons. The van der Waals surface area contributed by atoms with Crippen LogP contribution in [0.3, 0.4) is 0 Å². The fourth-order valence-corrected chi connectivity index (χ4v) is 1.98. The van der Waals surface area contributed by atoms with Crippen LogP contribution in [0.1, 0.15) is 30.5 Å². The molecule has 0 heterocycles. The molecule has 6 heteroatoms. The topological polar surface area (TPSA) is 30.5 Å². The number of hydrogen-bond acceptors (Lipinski definition) is 3. The van der Waals surface area contributed by atoms with Gasteiger partial charge >= 0.3 is 6.18 Å². The van der Waals surface area contributed by atoms with E-state index in [1.54, 1.807) is 20.1 Å². The van der Waals surface area contributed by atoms with Crippen molar-refractivity contribution in [1.82, 2.24) is 5.32 Å². The van der Waals surface area contributed by atoms with Crippen LogP contribution in [0.2, 0.25) is 0 Å². The maximum absolute atomic E-state index is 12.9. The third kappa shape index (κ3) is 6.46. The molecule has 1 N–H and O–H groups in total. The second kappa shape index (κ2) is 9.02. The Labute approximate surface area is 123 Å². The summed E-state index contributed by atoms with van der Waals surface area (Å²) in [6.07, 6.45) is -3.59. The minimum atomic E-state index is -4.32. The van der Waals surface area contributed by atoms with Gasteiger partial charge in [0.25, 0.3) is 0 Å². The Morgan fingerprint density at radius 2 is 1.86 bits per heavy atom. The van der Waals surface area contributed by atoms with Gasteiger partial charge in [0.1, 0.15) is 0 Å². The normalized spacial score (nSPS) is 13.4. The highest BCUT2D eigenvalue weighted by molar-refractivity contribution is 5.31. The smallest absolute Gasteiger partial charge is 0.382 e. The molecule has 0 aliphatic carbocycles. The molecule has 0 saturated carbocycles. The molecular formula is C15H22F3NO2. The fourth-order valence-electron chi connectivity index (χ4n) is 1.98. The van der Waals surface area contributed by atoms with Crippen molar-refractivity contribution in [2.75, 3.05) is 33.5 Å². The zero-order valence-corrected chi connectivity index (χ0v) is 12.4. The molecule has 0 amide bonds. The van der Waals surface area contributed by atoms with Crippen LogP contribution >= 0.6 is 0 Å². The third-order valence-corrected chi connectivity index (χ3v) is 3.08. The van der Waals surface area contributed by atoms with E-state index in [-0.39, 0.29) is 11.6 Å². The van der Waals surface area contributed by atoms with Gasteiger partial charge in [0, 0.05) is 19.8 Å². The number of methoxy groups -OCH3 is 1. The number of alkyl halides is 3. The molecule has 1 rings (SSSR count). The zero-order valence-electron chi connectivity index (χ0n) is 12.4. The van der Waals surface area contributed by atoms with Crippen molar-refractivity contribution in [3.63, 3.8) is 0 Å². The van der Waals surface area contributed by atoms with Gasteiger partial charge in [-0.25, -0.2) is 0 Å². The van der Waals surface area contributed by atoms with Gasteiger partial charge in [0.2, 0.25) is 0 Å². The zero-order chi connectivity index (χ0) is 15.7. The van der Waals surface area contributed by atoms with E-state index in [0.717, 1.165) is 12.5 Å². The predicted molar refractivity (Wildman–Crippen MR) is 75.2 cm³/mol. The lowest BCUT2D eigenvalue weighted by Crippen LogP contribution is -2.23. The van der Waals surface area contributed by atoms with E-state index in [2.05, 4.69) is 5.32 Å². The summed E-state index contributed by atoms with van der Waals surface area (Å²) in [5, 5.41) is 3.09. The highest BCUT2D eigenvalue weighted by Crippen LogP contribution is 2.34. The molecule has 0 fully saturated rings. The van der Waals surface area contributed by atoms with E-state index in [9.17, 15) is 13.2 Å². The van der Waals surface area contributed by atoms with Crippen LogP contribution in [0, 0.1) is 0 Å². The summed E-state index contributed by atoms with van der Waals surface area (Å²) in [6, 6.07) is 5.29. The van der Waals surface area contributed by atoms with E-state index >= 15 is 0 Å². The van der Waals surface area contributed by atoms with Crippen LogP contribution in [0.4, 0.5) is 13.2 Å². The summed E-state index contributed by atoms with van der Waals surface area (Å²) in [5.41, 5.74) is -0.313. The van der Waals surface area contributed by atoms with Gasteiger partial charge in [-0.1, -0.05) is 18.2 Å². The third-order valence-electron chi connectivity index (χ3n) is 3.08. The Bertz CT molecular complexity index is 410. The highest BCUT2D eigenvalue weighted by atomic mass is 19.4. The molecular weight excluding hydrogens is 283 g/mol. The van der Waals surface area contributed by atoms with E-state index < -0.39 is 11.7 Å². The van der Waals surface area contributed by atoms with E-state index in [0.29, 0.717) is 26.4 Å². The van der Waals surface area contributed by atoms with E-state index in [1.807, 2.05) is 0 Å². The molecule has 1 unspecified atom stereocenters. The average molecular weight is 305 g/mol. The lowest BCUT2D eigenvalue weighted by Gasteiger charge is -2.19. The van der Waals surface area contributed by atoms with Crippen molar-refractivity contribution in [2.24, 2.45) is 0 Å². The lowest BCUT2D eigenvalue weighted by atomic mass is 10.0. The fraction of sp³-hybridized carbons (Fsp3) is 0.600. The quantitative estimate of drug-likeness (QED) is 0.709. The average Bonchev–Trinajstić information content (AvgIpc) is 2.45. The molecule has 0 radical (unpaired) electrons. The maximum Gasteiger partial charge on any atom is 0.416 e. The van der Waals surface area contributed by atoms with Crippen molar-refractivity contribution in [3.05, 3.63) is 35.4 Å². The van der Waals surface area contributed by atoms with Crippen LogP contribution in [0.25, 0.3) is 0 Å². The van der Waals surface area contributed by atoms with Gasteiger partial charge in [0.05, 0.1) is 18.8 Å². The van der Waals surface area contributed by atoms with Crippen LogP contribution in [0.15, 0.2) is 24.3 Å². The maximum atomic E-state index is 12.9. The van der Waals surface area contributed by atoms with Gasteiger partial charge in [-0.15, -0.1) is 0 Å². The van der Waals surface area contributed by atoms with Crippen molar-refractivity contribution in [2.45, 2.75) is 25.6 Å². The molecule has 21 heavy (non-hydrogen) atoms. The first-order chi connectivity index (χ1) is 9.96. The molecule has 0 spiro atoms. The SMILES string of the molecule is COCCOCCCNC(C)c1ccccc1C(F)(F)F. The van der Waals surface area contributed by atoms with Crippen LogP contribution in [-0.4, -0.2) is 33.5 Å². The highest BCUT2D eigenvalue weighted by Gasteiger charge is 2.33. The Morgan fingerprint density at radius 3 is 2.52 bits per heavy atom. The Hall–Kier alpha value is -1.11. The molecule has 0 bridgehead atoms. The molecule has 1 aromatic carbocycles. The first-order valence-corrected chi connectivity index (χ1v) is 6.93. The summed E-state index contributed by atoms with van der Waals surface area (Å²) in [4.78, 5) is 0. The first-order valence-electron chi connectivity index (χ1n) is 6.93. The second-order valence-corrected chi connectivity index (χ2v) is 4.72. The van der Waals surface area contributed by atoms with Crippen molar-refractivity contribution < 1.29 is 22.6 Å². The van der Waals surface area contributed by atoms with Gasteiger partial charge in [0.15, 0.2) is 0 Å². The van der Waals surface area contributed by atoms with E-state index in [1.165, 1.54) is 12.1 Å². The van der Waals surface area contributed by atoms with Crippen molar-refractivity contribution in [3.8, 4) is 0 Å². The number of hydrogen-bond donors (Lipinski definition) is 1. The first kappa shape index (κ1) is 17.9. The monoisotopic (exact) mass is 305 g/mol. The minimum absolute atomic E-state index is 0.269. The molecule has 0 saturated heterocycles. The molecule has 0 aliphatic heterocycles. The van der Waals surface area contributed by atoms with Crippen LogP contribution < -0.4 is 5.32 Å². The van der Waals surface area contributed by atoms with Crippen molar-refractivity contribution >= 4 is 0 Å². The molecule has 0 aromatic heterocycles. The van der Waals surface area contributed by atoms with Gasteiger partial charge in [-0.05, 0) is 31.5 Å². The van der Waals surface area contributed by atoms with Gasteiger partial charge < -0.3 is 14.8 Å². The van der Waals surface area contributed by atoms with Crippen LogP contribution in [0.5, 0.6) is 0 Å². The summed E-state index contributed by atoms with van der Waals surface area (Å²) in [7, 11) is 1.60. The van der Waals surface area contributed by atoms with Gasteiger partial charge in [-0.3, -0.25) is 0 Å². The Kier molecular flexibility index (Phi) is 7.71. The molecule has 3 nitrogen and oxygen atoms in total. The number of halogens is 3. The van der Waals surface area contributed by atoms with Crippen LogP contribution in [-0.2, 0) is 15.7 Å². The van der Waals surface area contributed by atoms with Gasteiger partial charge in [-0.2, -0.15) is 13.2 Å². The van der Waals surface area contributed by atoms with E-state index in [4.69, 9.17) is 9.47 Å². The molecule has 1 atom stereocenters. The Morgan fingerprint density at radius 1 is 1.14 bits per heavy atom. The summed E-state index contributed by atoms with van der Waals surface area (Å²) >= 11 is 0. The lowest BCUT2D eigenvalue weighted by molar-refractivity contribution is -0.138. The standard InChI is InChI=1S/C15H22F3NO2/c1-12(19-8-5-9-21-11-10-20-2)13-6-3-4-7-14(13)15(16,17)18/h3-4,6-7,12,19H,5,8-11H2,1-2H3. The minimum Gasteiger partial charge on any atom is -0.382 e. The molecule has 1 aromatic rings. The Balaban J connectivity index is 2.41. The summed E-state index contributed by atoms with van der Waals surface area (Å²) in [5.74, 6) is 0. The second-order valence-electron chi connectivity index (χ2n) is 4.72.